The predicted octanol–water partition coefficient (Wildman–Crippen LogP) is 1.86. The number of ether oxygens (including phenoxy) is 2. The van der Waals surface area contributed by atoms with Crippen molar-refractivity contribution >= 4 is 11.6 Å². The Hall–Kier alpha value is -1.01. The molecule has 0 bridgehead atoms. The summed E-state index contributed by atoms with van der Waals surface area (Å²) < 4.78 is 10.9. The third kappa shape index (κ3) is 4.04. The van der Waals surface area contributed by atoms with E-state index in [0.29, 0.717) is 17.4 Å². The van der Waals surface area contributed by atoms with Crippen LogP contribution >= 0.6 is 11.6 Å². The molecule has 1 heterocycles. The average molecular weight is 329 g/mol. The van der Waals surface area contributed by atoms with E-state index >= 15 is 0 Å². The van der Waals surface area contributed by atoms with Crippen LogP contribution in [0.3, 0.4) is 0 Å². The molecule has 6 heteroatoms. The fourth-order valence-electron chi connectivity index (χ4n) is 2.72. The molecular weight excluding hydrogens is 304 g/mol. The number of aliphatic hydroxyl groups is 1. The molecule has 1 aromatic rings. The molecule has 1 aliphatic heterocycles. The van der Waals surface area contributed by atoms with Gasteiger partial charge in [-0.15, -0.1) is 0 Å². The average Bonchev–Trinajstić information content (AvgIpc) is 2.52. The standard InChI is InChI=1S/C16H25ClN2O3/c1-4-22-16-7-12(14(17)8-15(16)21-3)9-19-6-5-18(2)13(10-19)11-20/h7-8,13,20H,4-6,9-11H2,1-3H3/t13-/m0/s1. The lowest BCUT2D eigenvalue weighted by Gasteiger charge is -2.38. The highest BCUT2D eigenvalue weighted by molar-refractivity contribution is 6.31. The molecule has 2 rings (SSSR count). The zero-order valence-electron chi connectivity index (χ0n) is 13.5. The van der Waals surface area contributed by atoms with E-state index in [2.05, 4.69) is 9.80 Å². The van der Waals surface area contributed by atoms with Crippen LogP contribution in [0, 0.1) is 0 Å². The topological polar surface area (TPSA) is 45.2 Å². The first-order chi connectivity index (χ1) is 10.6. The van der Waals surface area contributed by atoms with E-state index in [1.54, 1.807) is 7.11 Å². The Kier molecular flexibility index (Phi) is 6.32. The van der Waals surface area contributed by atoms with E-state index in [4.69, 9.17) is 21.1 Å². The van der Waals surface area contributed by atoms with Crippen molar-refractivity contribution in [1.82, 2.24) is 9.80 Å². The molecule has 1 atom stereocenters. The van der Waals surface area contributed by atoms with Crippen LogP contribution in [0.25, 0.3) is 0 Å². The van der Waals surface area contributed by atoms with Gasteiger partial charge >= 0.3 is 0 Å². The first-order valence-corrected chi connectivity index (χ1v) is 7.99. The van der Waals surface area contributed by atoms with Crippen LogP contribution in [0.2, 0.25) is 5.02 Å². The Morgan fingerprint density at radius 2 is 2.09 bits per heavy atom. The molecule has 0 aromatic heterocycles. The van der Waals surface area contributed by atoms with Crippen molar-refractivity contribution in [3.8, 4) is 11.5 Å². The predicted molar refractivity (Wildman–Crippen MR) is 88.0 cm³/mol. The van der Waals surface area contributed by atoms with Gasteiger partial charge in [0.25, 0.3) is 0 Å². The molecule has 124 valence electrons. The third-order valence-electron chi connectivity index (χ3n) is 4.10. The summed E-state index contributed by atoms with van der Waals surface area (Å²) in [6, 6.07) is 3.94. The number of halogens is 1. The van der Waals surface area contributed by atoms with Crippen molar-refractivity contribution in [3.05, 3.63) is 22.7 Å². The summed E-state index contributed by atoms with van der Waals surface area (Å²) in [7, 11) is 3.66. The van der Waals surface area contributed by atoms with Crippen LogP contribution in [0.5, 0.6) is 11.5 Å². The van der Waals surface area contributed by atoms with Crippen molar-refractivity contribution in [2.45, 2.75) is 19.5 Å². The van der Waals surface area contributed by atoms with Gasteiger partial charge in [-0.2, -0.15) is 0 Å². The summed E-state index contributed by atoms with van der Waals surface area (Å²) in [5.41, 5.74) is 1.02. The van der Waals surface area contributed by atoms with E-state index in [0.717, 1.165) is 37.5 Å². The zero-order chi connectivity index (χ0) is 16.1. The smallest absolute Gasteiger partial charge is 0.162 e. The Bertz CT molecular complexity index is 499. The maximum Gasteiger partial charge on any atom is 0.162 e. The van der Waals surface area contributed by atoms with Crippen LogP contribution < -0.4 is 9.47 Å². The number of likely N-dealkylation sites (N-methyl/N-ethyl adjacent to an activating group) is 1. The fraction of sp³-hybridized carbons (Fsp3) is 0.625. The third-order valence-corrected chi connectivity index (χ3v) is 4.45. The molecule has 0 amide bonds. The molecule has 0 saturated carbocycles. The van der Waals surface area contributed by atoms with E-state index in [9.17, 15) is 5.11 Å². The number of piperazine rings is 1. The highest BCUT2D eigenvalue weighted by Crippen LogP contribution is 2.34. The Morgan fingerprint density at radius 3 is 2.73 bits per heavy atom. The zero-order valence-corrected chi connectivity index (χ0v) is 14.3. The summed E-state index contributed by atoms with van der Waals surface area (Å²) in [4.78, 5) is 4.50. The second kappa shape index (κ2) is 8.02. The first kappa shape index (κ1) is 17.3. The van der Waals surface area contributed by atoms with Gasteiger partial charge in [0.2, 0.25) is 0 Å². The van der Waals surface area contributed by atoms with Gasteiger partial charge < -0.3 is 14.6 Å². The van der Waals surface area contributed by atoms with Gasteiger partial charge in [0, 0.05) is 43.3 Å². The molecule has 1 saturated heterocycles. The lowest BCUT2D eigenvalue weighted by atomic mass is 10.1. The summed E-state index contributed by atoms with van der Waals surface area (Å²) in [5, 5.41) is 10.1. The Balaban J connectivity index is 2.13. The van der Waals surface area contributed by atoms with Crippen LogP contribution in [-0.4, -0.2) is 68.0 Å². The lowest BCUT2D eigenvalue weighted by Crippen LogP contribution is -2.52. The SMILES string of the molecule is CCOc1cc(CN2CCN(C)[C@H](CO)C2)c(Cl)cc1OC. The van der Waals surface area contributed by atoms with Crippen LogP contribution in [-0.2, 0) is 6.54 Å². The van der Waals surface area contributed by atoms with Crippen molar-refractivity contribution < 1.29 is 14.6 Å². The van der Waals surface area contributed by atoms with Gasteiger partial charge in [0.05, 0.1) is 20.3 Å². The maximum atomic E-state index is 9.45. The number of aliphatic hydroxyl groups excluding tert-OH is 1. The summed E-state index contributed by atoms with van der Waals surface area (Å²) >= 11 is 6.38. The number of hydrogen-bond acceptors (Lipinski definition) is 5. The number of benzene rings is 1. The normalized spacial score (nSPS) is 20.1. The molecule has 0 aliphatic carbocycles. The largest absolute Gasteiger partial charge is 0.493 e. The summed E-state index contributed by atoms with van der Waals surface area (Å²) in [6.07, 6.45) is 0. The molecule has 22 heavy (non-hydrogen) atoms. The minimum atomic E-state index is 0.174. The van der Waals surface area contributed by atoms with Crippen molar-refractivity contribution in [1.29, 1.82) is 0 Å². The van der Waals surface area contributed by atoms with Crippen molar-refractivity contribution in [2.24, 2.45) is 0 Å². The van der Waals surface area contributed by atoms with Gasteiger partial charge in [0.1, 0.15) is 0 Å². The Morgan fingerprint density at radius 1 is 1.32 bits per heavy atom. The van der Waals surface area contributed by atoms with Gasteiger partial charge in [-0.3, -0.25) is 9.80 Å². The van der Waals surface area contributed by atoms with Crippen LogP contribution in [0.4, 0.5) is 0 Å². The van der Waals surface area contributed by atoms with Gasteiger partial charge in [-0.1, -0.05) is 11.6 Å². The molecule has 0 unspecified atom stereocenters. The molecular formula is C16H25ClN2O3. The highest BCUT2D eigenvalue weighted by atomic mass is 35.5. The fourth-order valence-corrected chi connectivity index (χ4v) is 2.93. The highest BCUT2D eigenvalue weighted by Gasteiger charge is 2.24. The number of hydrogen-bond donors (Lipinski definition) is 1. The molecule has 1 N–H and O–H groups in total. The minimum absolute atomic E-state index is 0.174. The second-order valence-corrected chi connectivity index (χ2v) is 5.99. The first-order valence-electron chi connectivity index (χ1n) is 7.61. The molecule has 0 spiro atoms. The van der Waals surface area contributed by atoms with E-state index in [-0.39, 0.29) is 12.6 Å². The molecule has 1 aliphatic rings. The van der Waals surface area contributed by atoms with E-state index in [1.807, 2.05) is 26.1 Å². The lowest BCUT2D eigenvalue weighted by molar-refractivity contribution is 0.0539. The molecule has 5 nitrogen and oxygen atoms in total. The number of methoxy groups -OCH3 is 1. The van der Waals surface area contributed by atoms with Gasteiger partial charge in [-0.25, -0.2) is 0 Å². The summed E-state index contributed by atoms with van der Waals surface area (Å²) in [5.74, 6) is 1.37. The van der Waals surface area contributed by atoms with Crippen molar-refractivity contribution in [2.75, 3.05) is 47.0 Å². The molecule has 1 fully saturated rings. The summed E-state index contributed by atoms with van der Waals surface area (Å²) in [6.45, 7) is 6.18. The molecule has 1 aromatic carbocycles. The van der Waals surface area contributed by atoms with Crippen LogP contribution in [0.1, 0.15) is 12.5 Å². The van der Waals surface area contributed by atoms with Gasteiger partial charge in [-0.05, 0) is 25.6 Å². The molecule has 0 radical (unpaired) electrons. The van der Waals surface area contributed by atoms with Crippen molar-refractivity contribution in [3.63, 3.8) is 0 Å². The van der Waals surface area contributed by atoms with E-state index < -0.39 is 0 Å². The maximum absolute atomic E-state index is 9.45. The number of rotatable bonds is 6. The van der Waals surface area contributed by atoms with Gasteiger partial charge in [0.15, 0.2) is 11.5 Å². The number of nitrogens with zero attached hydrogens (tertiary/aromatic N) is 2. The Labute approximate surface area is 137 Å². The van der Waals surface area contributed by atoms with Crippen LogP contribution in [0.15, 0.2) is 12.1 Å². The quantitative estimate of drug-likeness (QED) is 0.863. The second-order valence-electron chi connectivity index (χ2n) is 5.58. The minimum Gasteiger partial charge on any atom is -0.493 e. The monoisotopic (exact) mass is 328 g/mol. The van der Waals surface area contributed by atoms with E-state index in [1.165, 1.54) is 0 Å².